The fourth-order valence-electron chi connectivity index (χ4n) is 10.0. The summed E-state index contributed by atoms with van der Waals surface area (Å²) in [4.78, 5) is 14.4. The lowest BCUT2D eigenvalue weighted by atomic mass is 9.43. The zero-order valence-electron chi connectivity index (χ0n) is 23.5. The van der Waals surface area contributed by atoms with Crippen LogP contribution in [0.15, 0.2) is 12.1 Å². The predicted molar refractivity (Wildman–Crippen MR) is 153 cm³/mol. The molecular weight excluding hydrogens is 500 g/mol. The molecule has 0 bridgehead atoms. The molecule has 4 N–H and O–H groups in total. The van der Waals surface area contributed by atoms with Gasteiger partial charge >= 0.3 is 0 Å². The van der Waals surface area contributed by atoms with E-state index in [0.29, 0.717) is 53.3 Å². The third-order valence-electron chi connectivity index (χ3n) is 11.9. The molecule has 4 aliphatic carbocycles. The van der Waals surface area contributed by atoms with E-state index in [1.54, 1.807) is 11.3 Å². The fourth-order valence-corrected chi connectivity index (χ4v) is 11.3. The Morgan fingerprint density at radius 3 is 2.49 bits per heavy atom. The van der Waals surface area contributed by atoms with E-state index in [2.05, 4.69) is 39.9 Å². The summed E-state index contributed by atoms with van der Waals surface area (Å²) in [5.41, 5.74) is 7.61. The zero-order chi connectivity index (χ0) is 26.7. The van der Waals surface area contributed by atoms with Gasteiger partial charge in [-0.15, -0.1) is 11.3 Å². The van der Waals surface area contributed by atoms with Gasteiger partial charge in [0.1, 0.15) is 0 Å². The highest BCUT2D eigenvalue weighted by Crippen LogP contribution is 2.68. The van der Waals surface area contributed by atoms with Gasteiger partial charge in [0.05, 0.1) is 16.5 Å². The number of aliphatic hydroxyl groups excluding tert-OH is 1. The number of rotatable bonds is 6. The topological polar surface area (TPSA) is 75.4 Å². The molecule has 0 aliphatic heterocycles. The lowest BCUT2D eigenvalue weighted by Crippen LogP contribution is -2.60. The summed E-state index contributed by atoms with van der Waals surface area (Å²) in [6.45, 7) is 11.7. The van der Waals surface area contributed by atoms with Gasteiger partial charge in [0.15, 0.2) is 0 Å². The van der Waals surface area contributed by atoms with Crippen molar-refractivity contribution in [3.05, 3.63) is 21.3 Å². The number of aliphatic hydroxyl groups is 1. The minimum Gasteiger partial charge on any atom is -0.393 e. The van der Waals surface area contributed by atoms with Crippen molar-refractivity contribution in [3.63, 3.8) is 0 Å². The Labute approximate surface area is 233 Å². The monoisotopic (exact) mass is 548 g/mol. The molecule has 4 saturated carbocycles. The Hall–Kier alpha value is -0.620. The maximum absolute atomic E-state index is 13.3. The molecule has 0 aromatic carbocycles. The highest BCUT2D eigenvalue weighted by Gasteiger charge is 2.62. The zero-order valence-corrected chi connectivity index (χ0v) is 25.1. The Morgan fingerprint density at radius 1 is 1.11 bits per heavy atom. The number of carbonyl (C=O) groups is 1. The van der Waals surface area contributed by atoms with Crippen molar-refractivity contribution in [2.75, 3.05) is 0 Å². The molecule has 4 nitrogen and oxygen atoms in total. The minimum atomic E-state index is -0.134. The van der Waals surface area contributed by atoms with E-state index in [4.69, 9.17) is 17.3 Å². The van der Waals surface area contributed by atoms with Crippen LogP contribution in [0, 0.1) is 52.3 Å². The van der Waals surface area contributed by atoms with E-state index < -0.39 is 0 Å². The van der Waals surface area contributed by atoms with Gasteiger partial charge in [0.2, 0.25) is 5.91 Å². The highest BCUT2D eigenvalue weighted by atomic mass is 35.5. The normalized spacial score (nSPS) is 43.0. The van der Waals surface area contributed by atoms with Crippen LogP contribution in [-0.2, 0) is 4.79 Å². The Morgan fingerprint density at radius 2 is 1.81 bits per heavy atom. The summed E-state index contributed by atoms with van der Waals surface area (Å²) >= 11 is 7.76. The van der Waals surface area contributed by atoms with Crippen LogP contribution >= 0.6 is 22.9 Å². The van der Waals surface area contributed by atoms with E-state index >= 15 is 0 Å². The first kappa shape index (κ1) is 27.9. The van der Waals surface area contributed by atoms with Crippen molar-refractivity contribution in [3.8, 4) is 0 Å². The molecule has 4 fully saturated rings. The molecule has 4 aliphatic rings. The number of hydrogen-bond donors (Lipinski definition) is 3. The molecule has 5 rings (SSSR count). The van der Waals surface area contributed by atoms with Crippen LogP contribution in [0.3, 0.4) is 0 Å². The van der Waals surface area contributed by atoms with Gasteiger partial charge in [-0.2, -0.15) is 0 Å². The highest BCUT2D eigenvalue weighted by molar-refractivity contribution is 7.16. The Bertz CT molecular complexity index is 982. The van der Waals surface area contributed by atoms with Crippen molar-refractivity contribution in [2.45, 2.75) is 111 Å². The standard InChI is InChI=1S/C31H49ClN2O2S/c1-17(2)29(25-8-9-26(32)37-25)34-27(36)14-18(3)21-6-7-22-28-23(11-13-31(21,22)5)30(4)12-10-20(35)15-19(30)16-24(28)33/h8-9,17-24,28-29,35H,6-7,10-16,33H2,1-5H3,(H,34,36)/t18-,19+,20-,21-,22+,23+,24-,28+,29-,30+,31-/m1/s1. The van der Waals surface area contributed by atoms with E-state index in [0.717, 1.165) is 34.9 Å². The quantitative estimate of drug-likeness (QED) is 0.352. The molecule has 37 heavy (non-hydrogen) atoms. The molecule has 1 amide bonds. The fraction of sp³-hybridized carbons (Fsp3) is 0.839. The van der Waals surface area contributed by atoms with E-state index in [1.165, 1.54) is 25.7 Å². The molecule has 0 spiro atoms. The summed E-state index contributed by atoms with van der Waals surface area (Å²) in [5, 5.41) is 13.7. The van der Waals surface area contributed by atoms with Crippen molar-refractivity contribution in [2.24, 2.45) is 58.0 Å². The number of thiophene rings is 1. The molecule has 0 unspecified atom stereocenters. The van der Waals surface area contributed by atoms with E-state index in [9.17, 15) is 9.90 Å². The average Bonchev–Trinajstić information content (AvgIpc) is 3.41. The Balaban J connectivity index is 1.27. The second kappa shape index (κ2) is 10.4. The van der Waals surface area contributed by atoms with Crippen LogP contribution in [-0.4, -0.2) is 23.2 Å². The van der Waals surface area contributed by atoms with Crippen molar-refractivity contribution < 1.29 is 9.90 Å². The summed E-state index contributed by atoms with van der Waals surface area (Å²) < 4.78 is 0.772. The summed E-state index contributed by atoms with van der Waals surface area (Å²) in [7, 11) is 0. The van der Waals surface area contributed by atoms with Crippen LogP contribution < -0.4 is 11.1 Å². The van der Waals surface area contributed by atoms with Gasteiger partial charge in [-0.05, 0) is 116 Å². The lowest BCUT2D eigenvalue weighted by Gasteiger charge is -2.63. The number of nitrogens with one attached hydrogen (secondary N) is 1. The van der Waals surface area contributed by atoms with Gasteiger partial charge in [-0.1, -0.05) is 46.2 Å². The van der Waals surface area contributed by atoms with Gasteiger partial charge in [0.25, 0.3) is 0 Å². The van der Waals surface area contributed by atoms with E-state index in [1.807, 2.05) is 12.1 Å². The van der Waals surface area contributed by atoms with Gasteiger partial charge < -0.3 is 16.2 Å². The summed E-state index contributed by atoms with van der Waals surface area (Å²) in [5.74, 6) is 3.94. The summed E-state index contributed by atoms with van der Waals surface area (Å²) in [6.07, 6.45) is 9.59. The van der Waals surface area contributed by atoms with Crippen molar-refractivity contribution in [1.82, 2.24) is 5.32 Å². The largest absolute Gasteiger partial charge is 0.393 e. The molecule has 1 heterocycles. The van der Waals surface area contributed by atoms with Crippen molar-refractivity contribution >= 4 is 28.8 Å². The van der Waals surface area contributed by atoms with E-state index in [-0.39, 0.29) is 29.5 Å². The van der Waals surface area contributed by atoms with Crippen LogP contribution in [0.1, 0.15) is 103 Å². The molecule has 11 atom stereocenters. The first-order valence-electron chi connectivity index (χ1n) is 14.9. The van der Waals surface area contributed by atoms with Crippen LogP contribution in [0.25, 0.3) is 0 Å². The minimum absolute atomic E-state index is 0.0162. The number of hydrogen-bond acceptors (Lipinski definition) is 4. The van der Waals surface area contributed by atoms with Crippen LogP contribution in [0.5, 0.6) is 0 Å². The molecule has 208 valence electrons. The molecule has 6 heteroatoms. The Kier molecular flexibility index (Phi) is 7.86. The van der Waals surface area contributed by atoms with Crippen LogP contribution in [0.2, 0.25) is 4.34 Å². The number of nitrogens with two attached hydrogens (primary N) is 1. The third-order valence-corrected chi connectivity index (χ3v) is 13.2. The first-order chi connectivity index (χ1) is 17.4. The smallest absolute Gasteiger partial charge is 0.220 e. The molecule has 1 aromatic rings. The van der Waals surface area contributed by atoms with Crippen molar-refractivity contribution in [1.29, 1.82) is 0 Å². The second-order valence-electron chi connectivity index (χ2n) is 14.2. The molecular formula is C31H49ClN2O2S. The maximum atomic E-state index is 13.3. The number of fused-ring (bicyclic) bond motifs is 5. The lowest BCUT2D eigenvalue weighted by molar-refractivity contribution is -0.138. The average molecular weight is 549 g/mol. The molecule has 0 radical (unpaired) electrons. The number of halogens is 1. The summed E-state index contributed by atoms with van der Waals surface area (Å²) in [6, 6.07) is 4.24. The third kappa shape index (κ3) is 4.93. The second-order valence-corrected chi connectivity index (χ2v) is 15.9. The SMILES string of the molecule is CC(C)[C@@H](NC(=O)C[C@@H](C)[C@H]1CC[C@H]2[C@@H]3[C@H](N)C[C@@H]4C[C@H](O)CC[C@]4(C)[C@H]3CC[C@]12C)c1ccc(Cl)s1. The number of carbonyl (C=O) groups excluding carboxylic acids is 1. The first-order valence-corrected chi connectivity index (χ1v) is 16.1. The molecule has 1 aromatic heterocycles. The van der Waals surface area contributed by atoms with Gasteiger partial charge in [-0.3, -0.25) is 4.79 Å². The maximum Gasteiger partial charge on any atom is 0.220 e. The van der Waals surface area contributed by atoms with Gasteiger partial charge in [0, 0.05) is 17.3 Å². The molecule has 0 saturated heterocycles. The van der Waals surface area contributed by atoms with Crippen LogP contribution in [0.4, 0.5) is 0 Å². The van der Waals surface area contributed by atoms with Gasteiger partial charge in [-0.25, -0.2) is 0 Å². The number of amides is 1. The predicted octanol–water partition coefficient (Wildman–Crippen LogP) is 7.20.